The number of sulfone groups is 1. The van der Waals surface area contributed by atoms with Gasteiger partial charge in [0.1, 0.15) is 9.84 Å². The van der Waals surface area contributed by atoms with E-state index < -0.39 is 9.84 Å². The standard InChI is InChI=1S/C26H30N6O2S/c1-18-12-24-23(13-19(18)6-5-10-27)20(14-25(29-24)26-16-28-17-31(26)2)7-8-22-15-21(30-32(22)3)9-11-35(4,33)34/h12-17H,5-9,11H2,1-4H3. The van der Waals surface area contributed by atoms with Crippen LogP contribution in [0, 0.1) is 18.3 Å². The van der Waals surface area contributed by atoms with Crippen molar-refractivity contribution in [2.45, 2.75) is 39.0 Å². The van der Waals surface area contributed by atoms with E-state index in [0.29, 0.717) is 19.3 Å². The normalized spacial score (nSPS) is 11.7. The molecule has 182 valence electrons. The van der Waals surface area contributed by atoms with Crippen molar-refractivity contribution < 1.29 is 8.42 Å². The van der Waals surface area contributed by atoms with Gasteiger partial charge < -0.3 is 4.57 Å². The number of benzene rings is 1. The van der Waals surface area contributed by atoms with Gasteiger partial charge in [0.2, 0.25) is 0 Å². The highest BCUT2D eigenvalue weighted by molar-refractivity contribution is 7.90. The van der Waals surface area contributed by atoms with Gasteiger partial charge in [-0.3, -0.25) is 4.68 Å². The Morgan fingerprint density at radius 2 is 1.83 bits per heavy atom. The molecular formula is C26H30N6O2S. The number of nitriles is 1. The molecule has 9 heteroatoms. The molecular weight excluding hydrogens is 460 g/mol. The third-order valence-electron chi connectivity index (χ3n) is 6.34. The first-order chi connectivity index (χ1) is 16.6. The van der Waals surface area contributed by atoms with Gasteiger partial charge in [-0.15, -0.1) is 0 Å². The van der Waals surface area contributed by atoms with Gasteiger partial charge in [-0.2, -0.15) is 10.4 Å². The van der Waals surface area contributed by atoms with E-state index in [9.17, 15) is 8.42 Å². The van der Waals surface area contributed by atoms with Crippen LogP contribution in [0.4, 0.5) is 0 Å². The van der Waals surface area contributed by atoms with Gasteiger partial charge in [0.05, 0.1) is 46.9 Å². The van der Waals surface area contributed by atoms with Gasteiger partial charge in [-0.1, -0.05) is 0 Å². The van der Waals surface area contributed by atoms with Gasteiger partial charge in [-0.05, 0) is 67.1 Å². The van der Waals surface area contributed by atoms with Gasteiger partial charge in [-0.25, -0.2) is 18.4 Å². The molecule has 0 saturated heterocycles. The number of rotatable bonds is 9. The van der Waals surface area contributed by atoms with Crippen molar-refractivity contribution in [1.29, 1.82) is 5.26 Å². The Labute approximate surface area is 206 Å². The van der Waals surface area contributed by atoms with E-state index >= 15 is 0 Å². The smallest absolute Gasteiger partial charge is 0.147 e. The van der Waals surface area contributed by atoms with Crippen LogP contribution in [0.25, 0.3) is 22.3 Å². The first kappa shape index (κ1) is 24.6. The molecule has 35 heavy (non-hydrogen) atoms. The Morgan fingerprint density at radius 3 is 2.51 bits per heavy atom. The Hall–Kier alpha value is -3.51. The molecule has 4 aromatic rings. The zero-order valence-electron chi connectivity index (χ0n) is 20.6. The summed E-state index contributed by atoms with van der Waals surface area (Å²) in [6.45, 7) is 2.07. The molecule has 0 N–H and O–H groups in total. The van der Waals surface area contributed by atoms with Crippen molar-refractivity contribution in [3.05, 3.63) is 64.9 Å². The Balaban J connectivity index is 1.70. The lowest BCUT2D eigenvalue weighted by atomic mass is 9.95. The maximum Gasteiger partial charge on any atom is 0.147 e. The molecule has 3 aromatic heterocycles. The van der Waals surface area contributed by atoms with E-state index in [1.165, 1.54) is 17.4 Å². The zero-order chi connectivity index (χ0) is 25.2. The van der Waals surface area contributed by atoms with Crippen molar-refractivity contribution >= 4 is 20.7 Å². The number of nitrogens with zero attached hydrogens (tertiary/aromatic N) is 6. The van der Waals surface area contributed by atoms with Gasteiger partial charge >= 0.3 is 0 Å². The largest absolute Gasteiger partial charge is 0.332 e. The highest BCUT2D eigenvalue weighted by atomic mass is 32.2. The SMILES string of the molecule is Cc1cc2nc(-c3cncn3C)cc(CCc3cc(CCS(C)(=O)=O)nn3C)c2cc1CCC#N. The summed E-state index contributed by atoms with van der Waals surface area (Å²) in [5.74, 6) is 0.0946. The van der Waals surface area contributed by atoms with E-state index in [2.05, 4.69) is 41.3 Å². The summed E-state index contributed by atoms with van der Waals surface area (Å²) in [6, 6.07) is 10.7. The van der Waals surface area contributed by atoms with Crippen LogP contribution in [0.15, 0.2) is 36.8 Å². The number of pyridine rings is 1. The van der Waals surface area contributed by atoms with Gasteiger partial charge in [0.25, 0.3) is 0 Å². The summed E-state index contributed by atoms with van der Waals surface area (Å²) in [6.07, 6.45) is 7.98. The van der Waals surface area contributed by atoms with Crippen LogP contribution < -0.4 is 0 Å². The molecule has 3 heterocycles. The third kappa shape index (κ3) is 5.77. The second-order valence-corrected chi connectivity index (χ2v) is 11.4. The average molecular weight is 491 g/mol. The van der Waals surface area contributed by atoms with Crippen LogP contribution in [0.5, 0.6) is 0 Å². The first-order valence-corrected chi connectivity index (χ1v) is 13.7. The van der Waals surface area contributed by atoms with Crippen LogP contribution in [-0.4, -0.2) is 44.7 Å². The Bertz CT molecular complexity index is 1530. The number of hydrogen-bond donors (Lipinski definition) is 0. The number of imidazole rings is 1. The Kier molecular flexibility index (Phi) is 7.03. The minimum Gasteiger partial charge on any atom is -0.332 e. The van der Waals surface area contributed by atoms with E-state index in [4.69, 9.17) is 10.2 Å². The molecule has 0 radical (unpaired) electrons. The molecule has 0 bridgehead atoms. The van der Waals surface area contributed by atoms with Crippen LogP contribution in [-0.2, 0) is 49.6 Å². The van der Waals surface area contributed by atoms with Crippen molar-refractivity contribution in [1.82, 2.24) is 24.3 Å². The molecule has 0 amide bonds. The number of fused-ring (bicyclic) bond motifs is 1. The lowest BCUT2D eigenvalue weighted by molar-refractivity contribution is 0.600. The predicted molar refractivity (Wildman–Crippen MR) is 137 cm³/mol. The predicted octanol–water partition coefficient (Wildman–Crippen LogP) is 3.51. The first-order valence-electron chi connectivity index (χ1n) is 11.6. The fraction of sp³-hybridized carbons (Fsp3) is 0.385. The van der Waals surface area contributed by atoms with Crippen LogP contribution >= 0.6 is 0 Å². The van der Waals surface area contributed by atoms with Gasteiger partial charge in [0, 0.05) is 44.3 Å². The Morgan fingerprint density at radius 1 is 1.03 bits per heavy atom. The van der Waals surface area contributed by atoms with Crippen molar-refractivity contribution in [3.8, 4) is 17.5 Å². The number of hydrogen-bond acceptors (Lipinski definition) is 6. The summed E-state index contributed by atoms with van der Waals surface area (Å²) in [5.41, 5.74) is 8.06. The molecule has 0 fully saturated rings. The van der Waals surface area contributed by atoms with Gasteiger partial charge in [0.15, 0.2) is 0 Å². The van der Waals surface area contributed by atoms with Crippen molar-refractivity contribution in [2.75, 3.05) is 12.0 Å². The summed E-state index contributed by atoms with van der Waals surface area (Å²) < 4.78 is 26.9. The molecule has 0 aliphatic carbocycles. The maximum absolute atomic E-state index is 11.5. The quantitative estimate of drug-likeness (QED) is 0.355. The topological polar surface area (TPSA) is 106 Å². The number of aryl methyl sites for hydroxylation is 7. The zero-order valence-corrected chi connectivity index (χ0v) is 21.4. The third-order valence-corrected chi connectivity index (χ3v) is 7.29. The second-order valence-electron chi connectivity index (χ2n) is 9.14. The molecule has 0 aliphatic heterocycles. The van der Waals surface area contributed by atoms with E-state index in [0.717, 1.165) is 52.1 Å². The average Bonchev–Trinajstić information content (AvgIpc) is 3.39. The lowest BCUT2D eigenvalue weighted by Gasteiger charge is -2.13. The van der Waals surface area contributed by atoms with Crippen LogP contribution in [0.3, 0.4) is 0 Å². The molecule has 0 atom stereocenters. The highest BCUT2D eigenvalue weighted by Gasteiger charge is 2.14. The maximum atomic E-state index is 11.5. The minimum absolute atomic E-state index is 0.0946. The lowest BCUT2D eigenvalue weighted by Crippen LogP contribution is -2.06. The monoisotopic (exact) mass is 490 g/mol. The highest BCUT2D eigenvalue weighted by Crippen LogP contribution is 2.28. The van der Waals surface area contributed by atoms with E-state index in [1.807, 2.05) is 35.6 Å². The fourth-order valence-corrected chi connectivity index (χ4v) is 4.95. The van der Waals surface area contributed by atoms with Crippen molar-refractivity contribution in [3.63, 3.8) is 0 Å². The molecule has 0 unspecified atom stereocenters. The molecule has 0 aliphatic rings. The molecule has 8 nitrogen and oxygen atoms in total. The van der Waals surface area contributed by atoms with Crippen LogP contribution in [0.2, 0.25) is 0 Å². The minimum atomic E-state index is -3.03. The molecule has 1 aromatic carbocycles. The molecule has 4 rings (SSSR count). The summed E-state index contributed by atoms with van der Waals surface area (Å²) >= 11 is 0. The summed E-state index contributed by atoms with van der Waals surface area (Å²) in [7, 11) is 0.820. The number of aromatic nitrogens is 5. The summed E-state index contributed by atoms with van der Waals surface area (Å²) in [4.78, 5) is 9.20. The molecule has 0 spiro atoms. The van der Waals surface area contributed by atoms with Crippen molar-refractivity contribution in [2.24, 2.45) is 14.1 Å². The van der Waals surface area contributed by atoms with E-state index in [-0.39, 0.29) is 5.75 Å². The summed E-state index contributed by atoms with van der Waals surface area (Å²) in [5, 5.41) is 14.7. The fourth-order valence-electron chi connectivity index (χ4n) is 4.37. The molecule has 0 saturated carbocycles. The second kappa shape index (κ2) is 10.0. The van der Waals surface area contributed by atoms with E-state index in [1.54, 1.807) is 6.33 Å². The van der Waals surface area contributed by atoms with Crippen LogP contribution in [0.1, 0.15) is 34.5 Å².